The maximum absolute atomic E-state index is 13.4. The lowest BCUT2D eigenvalue weighted by Crippen LogP contribution is -2.46. The molecule has 10 nitrogen and oxygen atoms in total. The van der Waals surface area contributed by atoms with Crippen LogP contribution in [0.15, 0.2) is 29.6 Å². The van der Waals surface area contributed by atoms with Crippen LogP contribution in [0.4, 0.5) is 27.9 Å². The molecule has 1 saturated heterocycles. The van der Waals surface area contributed by atoms with Crippen molar-refractivity contribution in [3.8, 4) is 0 Å². The maximum Gasteiger partial charge on any atom is 0.408 e. The lowest BCUT2D eigenvalue weighted by molar-refractivity contribution is -0.118. The molecule has 0 bridgehead atoms. The summed E-state index contributed by atoms with van der Waals surface area (Å²) in [5, 5.41) is 11.8. The third-order valence-electron chi connectivity index (χ3n) is 6.57. The van der Waals surface area contributed by atoms with Crippen LogP contribution in [0.5, 0.6) is 0 Å². The molecule has 2 amide bonds. The smallest absolute Gasteiger partial charge is 0.408 e. The fourth-order valence-corrected chi connectivity index (χ4v) is 5.46. The number of rotatable bonds is 8. The van der Waals surface area contributed by atoms with Gasteiger partial charge < -0.3 is 30.5 Å². The highest BCUT2D eigenvalue weighted by Gasteiger charge is 2.26. The van der Waals surface area contributed by atoms with Gasteiger partial charge in [-0.05, 0) is 82.3 Å². The number of piperazine rings is 1. The summed E-state index contributed by atoms with van der Waals surface area (Å²) in [6, 6.07) is 7.45. The Morgan fingerprint density at radius 1 is 1.07 bits per heavy atom. The van der Waals surface area contributed by atoms with Crippen molar-refractivity contribution < 1.29 is 14.3 Å². The third-order valence-corrected chi connectivity index (χ3v) is 7.56. The lowest BCUT2D eigenvalue weighted by atomic mass is 10.0. The van der Waals surface area contributed by atoms with Crippen molar-refractivity contribution in [3.63, 3.8) is 0 Å². The molecule has 1 atom stereocenters. The summed E-state index contributed by atoms with van der Waals surface area (Å²) in [6.45, 7) is 15.4. The highest BCUT2D eigenvalue weighted by molar-refractivity contribution is 7.17. The van der Waals surface area contributed by atoms with Crippen LogP contribution in [-0.2, 0) is 9.53 Å². The fraction of sp³-hybridized carbons (Fsp3) is 0.517. The number of carbonyl (C=O) groups excluding carboxylic acids is 2. The molecule has 1 unspecified atom stereocenters. The van der Waals surface area contributed by atoms with Crippen LogP contribution in [0, 0.1) is 12.8 Å². The number of ether oxygens (including phenoxy) is 1. The van der Waals surface area contributed by atoms with Crippen LogP contribution in [0.25, 0.3) is 10.2 Å². The molecular weight excluding hydrogens is 526 g/mol. The molecule has 0 spiro atoms. The Labute approximate surface area is 240 Å². The van der Waals surface area contributed by atoms with Crippen molar-refractivity contribution in [2.24, 2.45) is 5.92 Å². The van der Waals surface area contributed by atoms with Gasteiger partial charge in [0.1, 0.15) is 22.3 Å². The van der Waals surface area contributed by atoms with Crippen LogP contribution < -0.4 is 20.9 Å². The van der Waals surface area contributed by atoms with Crippen molar-refractivity contribution in [1.82, 2.24) is 20.2 Å². The third kappa shape index (κ3) is 7.82. The summed E-state index contributed by atoms with van der Waals surface area (Å²) in [4.78, 5) is 40.8. The Bertz CT molecular complexity index is 1330. The fourth-order valence-electron chi connectivity index (χ4n) is 4.54. The molecule has 3 heterocycles. The first kappa shape index (κ1) is 29.5. The van der Waals surface area contributed by atoms with E-state index in [0.29, 0.717) is 18.2 Å². The molecule has 2 aromatic heterocycles. The maximum atomic E-state index is 13.4. The predicted octanol–water partition coefficient (Wildman–Crippen LogP) is 5.37. The van der Waals surface area contributed by atoms with Crippen LogP contribution in [0.1, 0.15) is 46.6 Å². The first-order valence-electron chi connectivity index (χ1n) is 13.7. The number of benzene rings is 1. The van der Waals surface area contributed by atoms with E-state index in [1.54, 1.807) is 20.8 Å². The number of hydrogen-bond donors (Lipinski definition) is 3. The van der Waals surface area contributed by atoms with Crippen molar-refractivity contribution in [3.05, 3.63) is 35.2 Å². The van der Waals surface area contributed by atoms with Gasteiger partial charge in [0.05, 0.1) is 5.39 Å². The number of thiophene rings is 1. The summed E-state index contributed by atoms with van der Waals surface area (Å²) in [7, 11) is 2.15. The van der Waals surface area contributed by atoms with Gasteiger partial charge in [0.25, 0.3) is 0 Å². The van der Waals surface area contributed by atoms with Gasteiger partial charge in [-0.1, -0.05) is 13.8 Å². The summed E-state index contributed by atoms with van der Waals surface area (Å²) < 4.78 is 5.40. The molecule has 3 N–H and O–H groups in total. The summed E-state index contributed by atoms with van der Waals surface area (Å²) in [5.41, 5.74) is 2.34. The number of nitrogens with zero attached hydrogens (tertiary/aromatic N) is 4. The molecular formula is C29H41N7O3S. The molecule has 1 aliphatic heterocycles. The molecule has 3 aromatic rings. The van der Waals surface area contributed by atoms with E-state index in [1.807, 2.05) is 38.3 Å². The molecule has 0 saturated carbocycles. The number of likely N-dealkylation sites (N-methyl/N-ethyl adjacent to an activating group) is 1. The number of aromatic nitrogens is 2. The Kier molecular flexibility index (Phi) is 9.15. The van der Waals surface area contributed by atoms with Crippen LogP contribution >= 0.6 is 11.3 Å². The molecule has 0 radical (unpaired) electrons. The molecule has 1 aromatic carbocycles. The summed E-state index contributed by atoms with van der Waals surface area (Å²) in [5.74, 6) is 0.611. The van der Waals surface area contributed by atoms with Gasteiger partial charge >= 0.3 is 6.09 Å². The van der Waals surface area contributed by atoms with Gasteiger partial charge in [-0.2, -0.15) is 4.98 Å². The van der Waals surface area contributed by atoms with E-state index in [-0.39, 0.29) is 11.8 Å². The SMILES string of the molecule is Cc1csc2nc(Nc3ccc(N4CCN(C)CC4)cc3)nc(NC(=O)C(CC(C)C)NC(=O)OC(C)(C)C)c12. The normalized spacial score (nSPS) is 15.2. The number of carbonyl (C=O) groups is 2. The van der Waals surface area contributed by atoms with E-state index >= 15 is 0 Å². The highest BCUT2D eigenvalue weighted by atomic mass is 32.1. The van der Waals surface area contributed by atoms with Gasteiger partial charge in [-0.15, -0.1) is 11.3 Å². The number of alkyl carbamates (subject to hydrolysis) is 1. The Morgan fingerprint density at radius 3 is 2.38 bits per heavy atom. The topological polar surface area (TPSA) is 112 Å². The lowest BCUT2D eigenvalue weighted by Gasteiger charge is -2.34. The van der Waals surface area contributed by atoms with Gasteiger partial charge in [-0.3, -0.25) is 4.79 Å². The minimum atomic E-state index is -0.780. The minimum Gasteiger partial charge on any atom is -0.444 e. The molecule has 0 aliphatic carbocycles. The van der Waals surface area contributed by atoms with E-state index in [0.717, 1.165) is 47.6 Å². The predicted molar refractivity (Wildman–Crippen MR) is 163 cm³/mol. The van der Waals surface area contributed by atoms with Gasteiger partial charge in [0, 0.05) is 37.6 Å². The average Bonchev–Trinajstić information content (AvgIpc) is 3.24. The zero-order chi connectivity index (χ0) is 29.0. The number of hydrogen-bond acceptors (Lipinski definition) is 9. The molecule has 11 heteroatoms. The average molecular weight is 568 g/mol. The number of nitrogens with one attached hydrogen (secondary N) is 3. The van der Waals surface area contributed by atoms with Crippen LogP contribution in [0.3, 0.4) is 0 Å². The summed E-state index contributed by atoms with van der Waals surface area (Å²) in [6.07, 6.45) is -0.178. The second-order valence-corrected chi connectivity index (χ2v) is 12.6. The first-order chi connectivity index (χ1) is 18.9. The second-order valence-electron chi connectivity index (χ2n) is 11.8. The largest absolute Gasteiger partial charge is 0.444 e. The number of anilines is 4. The van der Waals surface area contributed by atoms with E-state index in [9.17, 15) is 9.59 Å². The molecule has 1 aliphatic rings. The second kappa shape index (κ2) is 12.4. The Hall–Kier alpha value is -3.44. The van der Waals surface area contributed by atoms with Gasteiger partial charge in [0.15, 0.2) is 0 Å². The molecule has 1 fully saturated rings. The van der Waals surface area contributed by atoms with E-state index in [1.165, 1.54) is 17.0 Å². The summed E-state index contributed by atoms with van der Waals surface area (Å²) >= 11 is 1.49. The number of amides is 2. The van der Waals surface area contributed by atoms with Crippen molar-refractivity contribution in [1.29, 1.82) is 0 Å². The van der Waals surface area contributed by atoms with Crippen molar-refractivity contribution in [2.45, 2.75) is 59.6 Å². The monoisotopic (exact) mass is 567 g/mol. The zero-order valence-electron chi connectivity index (χ0n) is 24.5. The molecule has 4 rings (SSSR count). The number of aryl methyl sites for hydroxylation is 1. The quantitative estimate of drug-likeness (QED) is 0.333. The van der Waals surface area contributed by atoms with Gasteiger partial charge in [0.2, 0.25) is 11.9 Å². The number of fused-ring (bicyclic) bond motifs is 1. The Morgan fingerprint density at radius 2 is 1.75 bits per heavy atom. The van der Waals surface area contributed by atoms with E-state index in [2.05, 4.69) is 49.9 Å². The first-order valence-corrected chi connectivity index (χ1v) is 14.6. The Balaban J connectivity index is 1.53. The van der Waals surface area contributed by atoms with E-state index < -0.39 is 17.7 Å². The minimum absolute atomic E-state index is 0.171. The zero-order valence-corrected chi connectivity index (χ0v) is 25.3. The van der Waals surface area contributed by atoms with Crippen LogP contribution in [0.2, 0.25) is 0 Å². The molecule has 40 heavy (non-hydrogen) atoms. The molecule has 216 valence electrons. The standard InChI is InChI=1S/C29H41N7O3S/c1-18(2)16-22(31-28(38)39-29(4,5)6)25(37)32-24-23-19(3)17-40-26(23)34-27(33-24)30-20-8-10-21(11-9-20)36-14-12-35(7)13-15-36/h8-11,17-18,22H,12-16H2,1-7H3,(H,31,38)(H2,30,32,33,34,37). The van der Waals surface area contributed by atoms with Gasteiger partial charge in [-0.25, -0.2) is 9.78 Å². The van der Waals surface area contributed by atoms with E-state index in [4.69, 9.17) is 9.72 Å². The van der Waals surface area contributed by atoms with Crippen molar-refractivity contribution >= 4 is 56.7 Å². The van der Waals surface area contributed by atoms with Crippen LogP contribution in [-0.4, -0.2) is 71.7 Å². The highest BCUT2D eigenvalue weighted by Crippen LogP contribution is 2.32. The van der Waals surface area contributed by atoms with Crippen molar-refractivity contribution in [2.75, 3.05) is 48.8 Å².